The summed E-state index contributed by atoms with van der Waals surface area (Å²) in [7, 11) is 0. The fourth-order valence-corrected chi connectivity index (χ4v) is 5.32. The van der Waals surface area contributed by atoms with Crippen molar-refractivity contribution < 1.29 is 0 Å². The maximum Gasteiger partial charge on any atom is 0.168 e. The van der Waals surface area contributed by atoms with Crippen LogP contribution in [0.5, 0.6) is 0 Å². The van der Waals surface area contributed by atoms with Crippen molar-refractivity contribution in [2.45, 2.75) is 0 Å². The second kappa shape index (κ2) is 7.23. The van der Waals surface area contributed by atoms with Gasteiger partial charge >= 0.3 is 0 Å². The topological polar surface area (TPSA) is 48.5 Å². The van der Waals surface area contributed by atoms with Gasteiger partial charge in [0.1, 0.15) is 16.9 Å². The lowest BCUT2D eigenvalue weighted by atomic mass is 10.2. The summed E-state index contributed by atoms with van der Waals surface area (Å²) in [6.45, 7) is 0. The molecule has 0 amide bonds. The molecular weight excluding hydrogens is 442 g/mol. The van der Waals surface area contributed by atoms with Gasteiger partial charge in [0.25, 0.3) is 0 Å². The highest BCUT2D eigenvalue weighted by Crippen LogP contribution is 2.35. The zero-order valence-electron chi connectivity index (χ0n) is 19.2. The van der Waals surface area contributed by atoms with E-state index in [0.717, 1.165) is 66.4 Å². The van der Waals surface area contributed by atoms with Crippen LogP contribution in [-0.2, 0) is 0 Å². The smallest absolute Gasteiger partial charge is 0.168 e. The number of fused-ring (bicyclic) bond motifs is 7. The van der Waals surface area contributed by atoms with E-state index in [4.69, 9.17) is 15.0 Å². The minimum absolute atomic E-state index is 0.798. The molecule has 5 nitrogen and oxygen atoms in total. The molecule has 5 heteroatoms. The highest BCUT2D eigenvalue weighted by atomic mass is 15.2. The minimum atomic E-state index is 0.798. The van der Waals surface area contributed by atoms with Gasteiger partial charge in [-0.2, -0.15) is 0 Å². The first-order chi connectivity index (χ1) is 17.9. The number of nitrogens with zero attached hydrogens (tertiary/aromatic N) is 5. The molecule has 36 heavy (non-hydrogen) atoms. The minimum Gasteiger partial charge on any atom is -0.292 e. The lowest BCUT2D eigenvalue weighted by Gasteiger charge is -2.09. The molecule has 0 spiro atoms. The predicted molar refractivity (Wildman–Crippen MR) is 146 cm³/mol. The first-order valence-corrected chi connectivity index (χ1v) is 12.0. The summed E-state index contributed by atoms with van der Waals surface area (Å²) in [5.41, 5.74) is 6.60. The Hall–Kier alpha value is -5.03. The summed E-state index contributed by atoms with van der Waals surface area (Å²) in [6.07, 6.45) is 1.93. The Kier molecular flexibility index (Phi) is 3.88. The SMILES string of the molecule is c1ccc(-n2c3ccccc3c3nc4c5ccccc5n(-c5cc6ccccc6cn5)c4nc32)cc1. The van der Waals surface area contributed by atoms with Crippen LogP contribution in [0.2, 0.25) is 0 Å². The number of para-hydroxylation sites is 3. The first kappa shape index (κ1) is 19.3. The molecule has 0 fully saturated rings. The van der Waals surface area contributed by atoms with E-state index in [1.165, 1.54) is 0 Å². The van der Waals surface area contributed by atoms with Crippen molar-refractivity contribution in [3.05, 3.63) is 115 Å². The maximum absolute atomic E-state index is 5.31. The van der Waals surface area contributed by atoms with Crippen molar-refractivity contribution in [3.8, 4) is 11.5 Å². The van der Waals surface area contributed by atoms with Crippen LogP contribution in [0.1, 0.15) is 0 Å². The number of pyridine rings is 1. The van der Waals surface area contributed by atoms with Gasteiger partial charge in [-0.25, -0.2) is 15.0 Å². The van der Waals surface area contributed by atoms with Gasteiger partial charge in [-0.3, -0.25) is 9.13 Å². The Bertz CT molecular complexity index is 2100. The molecule has 168 valence electrons. The average Bonchev–Trinajstić information content (AvgIpc) is 3.44. The van der Waals surface area contributed by atoms with Gasteiger partial charge < -0.3 is 0 Å². The third-order valence-electron chi connectivity index (χ3n) is 6.94. The van der Waals surface area contributed by atoms with E-state index in [2.05, 4.69) is 106 Å². The molecular formula is C31H19N5. The molecule has 0 atom stereocenters. The van der Waals surface area contributed by atoms with E-state index < -0.39 is 0 Å². The van der Waals surface area contributed by atoms with Gasteiger partial charge in [-0.15, -0.1) is 0 Å². The number of hydrogen-bond acceptors (Lipinski definition) is 3. The second-order valence-corrected chi connectivity index (χ2v) is 9.00. The number of benzene rings is 4. The second-order valence-electron chi connectivity index (χ2n) is 9.00. The van der Waals surface area contributed by atoms with Crippen molar-refractivity contribution in [1.82, 2.24) is 24.1 Å². The van der Waals surface area contributed by atoms with Gasteiger partial charge in [0, 0.05) is 28.0 Å². The zero-order chi connectivity index (χ0) is 23.6. The summed E-state index contributed by atoms with van der Waals surface area (Å²) >= 11 is 0. The Morgan fingerprint density at radius 3 is 1.83 bits per heavy atom. The zero-order valence-corrected chi connectivity index (χ0v) is 19.2. The molecule has 4 aromatic carbocycles. The van der Waals surface area contributed by atoms with Crippen molar-refractivity contribution >= 4 is 54.9 Å². The molecule has 0 radical (unpaired) electrons. The number of aromatic nitrogens is 5. The molecule has 4 aromatic heterocycles. The van der Waals surface area contributed by atoms with Crippen molar-refractivity contribution in [1.29, 1.82) is 0 Å². The molecule has 8 aromatic rings. The number of hydrogen-bond donors (Lipinski definition) is 0. The quantitative estimate of drug-likeness (QED) is 0.273. The van der Waals surface area contributed by atoms with E-state index in [-0.39, 0.29) is 0 Å². The van der Waals surface area contributed by atoms with Crippen LogP contribution < -0.4 is 0 Å². The summed E-state index contributed by atoms with van der Waals surface area (Å²) in [4.78, 5) is 15.4. The highest BCUT2D eigenvalue weighted by molar-refractivity contribution is 6.12. The molecule has 0 aliphatic carbocycles. The number of rotatable bonds is 2. The van der Waals surface area contributed by atoms with Crippen molar-refractivity contribution in [2.24, 2.45) is 0 Å². The fraction of sp³-hybridized carbons (Fsp3) is 0. The summed E-state index contributed by atoms with van der Waals surface area (Å²) in [6, 6.07) is 37.5. The van der Waals surface area contributed by atoms with Gasteiger partial charge in [0.15, 0.2) is 11.3 Å². The van der Waals surface area contributed by atoms with Gasteiger partial charge in [0.2, 0.25) is 0 Å². The van der Waals surface area contributed by atoms with Crippen molar-refractivity contribution in [2.75, 3.05) is 0 Å². The Morgan fingerprint density at radius 1 is 0.500 bits per heavy atom. The molecule has 0 aliphatic heterocycles. The third kappa shape index (κ3) is 2.62. The van der Waals surface area contributed by atoms with E-state index in [1.54, 1.807) is 0 Å². The average molecular weight is 462 g/mol. The van der Waals surface area contributed by atoms with Crippen LogP contribution in [0.3, 0.4) is 0 Å². The third-order valence-corrected chi connectivity index (χ3v) is 6.94. The van der Waals surface area contributed by atoms with Crippen molar-refractivity contribution in [3.63, 3.8) is 0 Å². The molecule has 4 heterocycles. The lowest BCUT2D eigenvalue weighted by Crippen LogP contribution is -2.01. The molecule has 0 saturated heterocycles. The van der Waals surface area contributed by atoms with E-state index in [0.29, 0.717) is 0 Å². The Labute approximate surface area is 205 Å². The lowest BCUT2D eigenvalue weighted by molar-refractivity contribution is 1.06. The van der Waals surface area contributed by atoms with Crippen LogP contribution in [0.25, 0.3) is 66.4 Å². The first-order valence-electron chi connectivity index (χ1n) is 12.0. The fourth-order valence-electron chi connectivity index (χ4n) is 5.32. The van der Waals surface area contributed by atoms with E-state index in [1.807, 2.05) is 18.3 Å². The van der Waals surface area contributed by atoms with Crippen LogP contribution in [-0.4, -0.2) is 24.1 Å². The van der Waals surface area contributed by atoms with Crippen LogP contribution in [0, 0.1) is 0 Å². The Balaban J connectivity index is 1.55. The summed E-state index contributed by atoms with van der Waals surface area (Å²) < 4.78 is 4.34. The largest absolute Gasteiger partial charge is 0.292 e. The van der Waals surface area contributed by atoms with Gasteiger partial charge in [-0.05, 0) is 35.7 Å². The van der Waals surface area contributed by atoms with E-state index in [9.17, 15) is 0 Å². The van der Waals surface area contributed by atoms with Gasteiger partial charge in [0.05, 0.1) is 11.0 Å². The van der Waals surface area contributed by atoms with Crippen LogP contribution in [0.4, 0.5) is 0 Å². The standard InChI is InChI=1S/C31H19N5/c1-2-12-22(13-3-1)35-25-16-8-6-14-23(25)28-30(35)34-31-29(33-28)24-15-7-9-17-26(24)36(31)27-18-20-10-4-5-11-21(20)19-32-27/h1-19H. The maximum atomic E-state index is 5.31. The summed E-state index contributed by atoms with van der Waals surface area (Å²) in [5, 5.41) is 4.40. The highest BCUT2D eigenvalue weighted by Gasteiger charge is 2.21. The van der Waals surface area contributed by atoms with Crippen LogP contribution >= 0.6 is 0 Å². The summed E-state index contributed by atoms with van der Waals surface area (Å²) in [5.74, 6) is 0.830. The van der Waals surface area contributed by atoms with E-state index >= 15 is 0 Å². The predicted octanol–water partition coefficient (Wildman–Crippen LogP) is 7.22. The van der Waals surface area contributed by atoms with Gasteiger partial charge in [-0.1, -0.05) is 78.9 Å². The molecule has 0 saturated carbocycles. The Morgan fingerprint density at radius 2 is 1.08 bits per heavy atom. The van der Waals surface area contributed by atoms with Crippen LogP contribution in [0.15, 0.2) is 115 Å². The monoisotopic (exact) mass is 461 g/mol. The molecule has 0 aliphatic rings. The molecule has 0 N–H and O–H groups in total. The molecule has 8 rings (SSSR count). The normalized spacial score (nSPS) is 11.9. The molecule has 0 bridgehead atoms. The molecule has 0 unspecified atom stereocenters.